The molecule has 1 N–H and O–H groups in total. The van der Waals surface area contributed by atoms with Gasteiger partial charge in [-0.05, 0) is 38.1 Å². The highest BCUT2D eigenvalue weighted by atomic mass is 32.2. The molecule has 0 aromatic heterocycles. The molecule has 0 spiro atoms. The van der Waals surface area contributed by atoms with Gasteiger partial charge in [0.25, 0.3) is 0 Å². The van der Waals surface area contributed by atoms with Crippen molar-refractivity contribution in [1.82, 2.24) is 5.32 Å². The fourth-order valence-corrected chi connectivity index (χ4v) is 3.97. The highest BCUT2D eigenvalue weighted by Gasteiger charge is 2.23. The maximum absolute atomic E-state index is 11.9. The van der Waals surface area contributed by atoms with Gasteiger partial charge in [-0.2, -0.15) is 0 Å². The Kier molecular flexibility index (Phi) is 5.93. The molecular formula is C13H27NO2S. The zero-order chi connectivity index (χ0) is 12.9. The lowest BCUT2D eigenvalue weighted by molar-refractivity contribution is 0.494. The van der Waals surface area contributed by atoms with Crippen molar-refractivity contribution >= 4 is 9.84 Å². The molecular weight excluding hydrogens is 234 g/mol. The molecule has 1 atom stereocenters. The average Bonchev–Trinajstić information content (AvgIpc) is 2.76. The maximum atomic E-state index is 11.9. The molecule has 0 heterocycles. The Morgan fingerprint density at radius 2 is 1.76 bits per heavy atom. The zero-order valence-corrected chi connectivity index (χ0v) is 12.2. The predicted octanol–water partition coefficient (Wildman–Crippen LogP) is 2.23. The summed E-state index contributed by atoms with van der Waals surface area (Å²) in [6.07, 6.45) is 5.30. The molecule has 17 heavy (non-hydrogen) atoms. The van der Waals surface area contributed by atoms with Gasteiger partial charge in [-0.1, -0.05) is 26.7 Å². The summed E-state index contributed by atoms with van der Waals surface area (Å²) >= 11 is 0. The van der Waals surface area contributed by atoms with Crippen LogP contribution in [0.2, 0.25) is 0 Å². The average molecular weight is 261 g/mol. The van der Waals surface area contributed by atoms with Gasteiger partial charge in [-0.25, -0.2) is 8.42 Å². The summed E-state index contributed by atoms with van der Waals surface area (Å²) in [6, 6.07) is 0. The second kappa shape index (κ2) is 6.74. The first-order valence-electron chi connectivity index (χ1n) is 6.85. The quantitative estimate of drug-likeness (QED) is 0.715. The smallest absolute Gasteiger partial charge is 0.154 e. The van der Waals surface area contributed by atoms with Crippen LogP contribution < -0.4 is 5.32 Å². The van der Waals surface area contributed by atoms with E-state index >= 15 is 0 Å². The van der Waals surface area contributed by atoms with Crippen LogP contribution in [0.3, 0.4) is 0 Å². The van der Waals surface area contributed by atoms with Crippen LogP contribution in [-0.4, -0.2) is 32.5 Å². The van der Waals surface area contributed by atoms with E-state index in [4.69, 9.17) is 0 Å². The van der Waals surface area contributed by atoms with Crippen molar-refractivity contribution in [2.24, 2.45) is 11.8 Å². The van der Waals surface area contributed by atoms with Crippen molar-refractivity contribution in [3.05, 3.63) is 0 Å². The van der Waals surface area contributed by atoms with Crippen molar-refractivity contribution < 1.29 is 8.42 Å². The van der Waals surface area contributed by atoms with Gasteiger partial charge in [0.15, 0.2) is 9.84 Å². The fourth-order valence-electron chi connectivity index (χ4n) is 2.34. The zero-order valence-electron chi connectivity index (χ0n) is 11.4. The minimum Gasteiger partial charge on any atom is -0.315 e. The van der Waals surface area contributed by atoms with Crippen molar-refractivity contribution in [3.63, 3.8) is 0 Å². The molecule has 0 aromatic rings. The highest BCUT2D eigenvalue weighted by molar-refractivity contribution is 7.92. The molecule has 0 aliphatic heterocycles. The Hall–Kier alpha value is -0.0900. The molecule has 1 aliphatic rings. The summed E-state index contributed by atoms with van der Waals surface area (Å²) in [4.78, 5) is 0. The molecule has 1 saturated carbocycles. The van der Waals surface area contributed by atoms with Crippen LogP contribution in [0.4, 0.5) is 0 Å². The minimum absolute atomic E-state index is 0.204. The van der Waals surface area contributed by atoms with Gasteiger partial charge in [-0.3, -0.25) is 0 Å². The largest absolute Gasteiger partial charge is 0.315 e. The Morgan fingerprint density at radius 1 is 1.18 bits per heavy atom. The minimum atomic E-state index is -2.92. The lowest BCUT2D eigenvalue weighted by Gasteiger charge is -2.17. The van der Waals surface area contributed by atoms with Gasteiger partial charge in [0, 0.05) is 6.54 Å². The third kappa shape index (κ3) is 4.96. The molecule has 0 amide bonds. The van der Waals surface area contributed by atoms with Crippen LogP contribution >= 0.6 is 0 Å². The van der Waals surface area contributed by atoms with E-state index in [0.717, 1.165) is 12.5 Å². The first-order chi connectivity index (χ1) is 7.93. The molecule has 0 aromatic carbocycles. The summed E-state index contributed by atoms with van der Waals surface area (Å²) in [5.74, 6) is 1.26. The number of hydrogen-bond acceptors (Lipinski definition) is 3. The SMILES string of the molecule is CC(C)C(C)S(=O)(=O)CCNCC1CCCC1. The highest BCUT2D eigenvalue weighted by Crippen LogP contribution is 2.23. The van der Waals surface area contributed by atoms with E-state index in [1.165, 1.54) is 25.7 Å². The van der Waals surface area contributed by atoms with Crippen molar-refractivity contribution in [2.75, 3.05) is 18.8 Å². The third-order valence-electron chi connectivity index (χ3n) is 3.98. The summed E-state index contributed by atoms with van der Waals surface area (Å²) in [6.45, 7) is 7.35. The fraction of sp³-hybridized carbons (Fsp3) is 1.00. The van der Waals surface area contributed by atoms with Crippen LogP contribution in [0.1, 0.15) is 46.5 Å². The Labute approximate surface area is 106 Å². The Morgan fingerprint density at radius 3 is 2.29 bits per heavy atom. The van der Waals surface area contributed by atoms with Crippen molar-refractivity contribution in [3.8, 4) is 0 Å². The van der Waals surface area contributed by atoms with E-state index in [1.54, 1.807) is 0 Å². The van der Waals surface area contributed by atoms with E-state index in [-0.39, 0.29) is 16.9 Å². The van der Waals surface area contributed by atoms with Crippen molar-refractivity contribution in [2.45, 2.75) is 51.7 Å². The normalized spacial score (nSPS) is 20.0. The lowest BCUT2D eigenvalue weighted by Crippen LogP contribution is -2.32. The second-order valence-corrected chi connectivity index (χ2v) is 8.15. The van der Waals surface area contributed by atoms with Gasteiger partial charge in [0.2, 0.25) is 0 Å². The number of hydrogen-bond donors (Lipinski definition) is 1. The second-order valence-electron chi connectivity index (χ2n) is 5.67. The number of nitrogens with one attached hydrogen (secondary N) is 1. The molecule has 3 nitrogen and oxygen atoms in total. The molecule has 0 radical (unpaired) electrons. The van der Waals surface area contributed by atoms with E-state index in [1.807, 2.05) is 20.8 Å². The van der Waals surface area contributed by atoms with Crippen LogP contribution in [0.5, 0.6) is 0 Å². The van der Waals surface area contributed by atoms with Crippen LogP contribution in [0.25, 0.3) is 0 Å². The van der Waals surface area contributed by atoms with E-state index < -0.39 is 9.84 Å². The Bertz CT molecular complexity index is 305. The molecule has 1 aliphatic carbocycles. The molecule has 0 bridgehead atoms. The number of sulfone groups is 1. The lowest BCUT2D eigenvalue weighted by atomic mass is 10.1. The molecule has 102 valence electrons. The first-order valence-corrected chi connectivity index (χ1v) is 8.57. The van der Waals surface area contributed by atoms with Gasteiger partial charge >= 0.3 is 0 Å². The summed E-state index contributed by atoms with van der Waals surface area (Å²) in [5.41, 5.74) is 0. The van der Waals surface area contributed by atoms with Crippen LogP contribution in [0, 0.1) is 11.8 Å². The van der Waals surface area contributed by atoms with Crippen LogP contribution in [-0.2, 0) is 9.84 Å². The maximum Gasteiger partial charge on any atom is 0.154 e. The summed E-state index contributed by atoms with van der Waals surface area (Å²) < 4.78 is 23.9. The van der Waals surface area contributed by atoms with E-state index in [2.05, 4.69) is 5.32 Å². The third-order valence-corrected chi connectivity index (χ3v) is 6.43. The summed E-state index contributed by atoms with van der Waals surface area (Å²) in [7, 11) is -2.92. The summed E-state index contributed by atoms with van der Waals surface area (Å²) in [5, 5.41) is 3.07. The van der Waals surface area contributed by atoms with Gasteiger partial charge in [0.1, 0.15) is 0 Å². The molecule has 4 heteroatoms. The van der Waals surface area contributed by atoms with Gasteiger partial charge in [-0.15, -0.1) is 0 Å². The molecule has 1 unspecified atom stereocenters. The molecule has 1 fully saturated rings. The predicted molar refractivity (Wildman–Crippen MR) is 72.9 cm³/mol. The van der Waals surface area contributed by atoms with Crippen LogP contribution in [0.15, 0.2) is 0 Å². The van der Waals surface area contributed by atoms with Crippen molar-refractivity contribution in [1.29, 1.82) is 0 Å². The van der Waals surface area contributed by atoms with Gasteiger partial charge in [0.05, 0.1) is 11.0 Å². The molecule has 1 rings (SSSR count). The monoisotopic (exact) mass is 261 g/mol. The standard InChI is InChI=1S/C13H27NO2S/c1-11(2)12(3)17(15,16)9-8-14-10-13-6-4-5-7-13/h11-14H,4-10H2,1-3H3. The van der Waals surface area contributed by atoms with Gasteiger partial charge < -0.3 is 5.32 Å². The molecule has 0 saturated heterocycles. The Balaban J connectivity index is 2.20. The topological polar surface area (TPSA) is 46.2 Å². The first kappa shape index (κ1) is 15.0. The number of rotatable bonds is 7. The van der Waals surface area contributed by atoms with E-state index in [9.17, 15) is 8.42 Å². The van der Waals surface area contributed by atoms with E-state index in [0.29, 0.717) is 6.54 Å².